The molecular weight excluding hydrogens is 358 g/mol. The molecule has 1 N–H and O–H groups in total. The van der Waals surface area contributed by atoms with Crippen molar-refractivity contribution in [1.29, 1.82) is 0 Å². The molecule has 9 heteroatoms. The summed E-state index contributed by atoms with van der Waals surface area (Å²) in [5.74, 6) is -0.866. The van der Waals surface area contributed by atoms with Crippen LogP contribution in [0, 0.1) is 0 Å². The van der Waals surface area contributed by atoms with Crippen LogP contribution in [-0.4, -0.2) is 50.6 Å². The number of hydrogen-bond donors (Lipinski definition) is 1. The summed E-state index contributed by atoms with van der Waals surface area (Å²) in [4.78, 5) is 23.6. The van der Waals surface area contributed by atoms with Crippen LogP contribution in [0.4, 0.5) is 0 Å². The number of nitrogens with one attached hydrogen (secondary N) is 1. The van der Waals surface area contributed by atoms with Gasteiger partial charge in [-0.15, -0.1) is 0 Å². The number of amides is 1. The van der Waals surface area contributed by atoms with Gasteiger partial charge in [0.1, 0.15) is 5.75 Å². The first-order valence-electron chi connectivity index (χ1n) is 7.34. The van der Waals surface area contributed by atoms with Crippen LogP contribution in [0.1, 0.15) is 13.3 Å². The molecule has 1 aliphatic heterocycles. The first-order chi connectivity index (χ1) is 11.2. The Kier molecular flexibility index (Phi) is 6.06. The molecule has 1 amide bonds. The third-order valence-corrected chi connectivity index (χ3v) is 5.41. The number of halogens is 1. The van der Waals surface area contributed by atoms with E-state index in [4.69, 9.17) is 21.1 Å². The quantitative estimate of drug-likeness (QED) is 0.743. The number of esters is 1. The van der Waals surface area contributed by atoms with Gasteiger partial charge in [0.15, 0.2) is 22.5 Å². The number of hydrogen-bond acceptors (Lipinski definition) is 6. The van der Waals surface area contributed by atoms with E-state index in [1.54, 1.807) is 24.3 Å². The molecular formula is C15H18ClNO6S. The number of ether oxygens (including phenoxy) is 2. The van der Waals surface area contributed by atoms with Gasteiger partial charge < -0.3 is 14.8 Å². The molecule has 0 radical (unpaired) electrons. The van der Waals surface area contributed by atoms with Crippen molar-refractivity contribution in [3.63, 3.8) is 0 Å². The van der Waals surface area contributed by atoms with Gasteiger partial charge in [-0.25, -0.2) is 13.2 Å². The third-order valence-electron chi connectivity index (χ3n) is 3.41. The van der Waals surface area contributed by atoms with Gasteiger partial charge in [0.2, 0.25) is 0 Å². The first-order valence-corrected chi connectivity index (χ1v) is 9.54. The van der Waals surface area contributed by atoms with E-state index in [0.717, 1.165) is 0 Å². The van der Waals surface area contributed by atoms with Gasteiger partial charge in [0.25, 0.3) is 5.91 Å². The van der Waals surface area contributed by atoms with Gasteiger partial charge in [0, 0.05) is 11.1 Å². The summed E-state index contributed by atoms with van der Waals surface area (Å²) in [7, 11) is -3.09. The molecule has 7 nitrogen and oxygen atoms in total. The van der Waals surface area contributed by atoms with Crippen LogP contribution in [0.2, 0.25) is 5.02 Å². The van der Waals surface area contributed by atoms with E-state index in [1.807, 2.05) is 0 Å². The maximum Gasteiger partial charge on any atom is 0.344 e. The zero-order valence-electron chi connectivity index (χ0n) is 13.0. The molecule has 1 saturated heterocycles. The zero-order valence-corrected chi connectivity index (χ0v) is 14.6. The Morgan fingerprint density at radius 1 is 1.42 bits per heavy atom. The minimum Gasteiger partial charge on any atom is -0.482 e. The van der Waals surface area contributed by atoms with E-state index < -0.39 is 33.9 Å². The van der Waals surface area contributed by atoms with E-state index in [1.165, 1.54) is 6.92 Å². The van der Waals surface area contributed by atoms with Gasteiger partial charge >= 0.3 is 5.97 Å². The molecule has 1 aromatic carbocycles. The van der Waals surface area contributed by atoms with E-state index >= 15 is 0 Å². The summed E-state index contributed by atoms with van der Waals surface area (Å²) in [5.41, 5.74) is 0. The van der Waals surface area contributed by atoms with E-state index in [0.29, 0.717) is 17.2 Å². The van der Waals surface area contributed by atoms with Gasteiger partial charge in [-0.2, -0.15) is 0 Å². The Morgan fingerprint density at radius 3 is 2.79 bits per heavy atom. The van der Waals surface area contributed by atoms with Gasteiger partial charge in [0.05, 0.1) is 11.5 Å². The van der Waals surface area contributed by atoms with Crippen LogP contribution < -0.4 is 10.1 Å². The molecule has 0 bridgehead atoms. The van der Waals surface area contributed by atoms with E-state index in [2.05, 4.69) is 5.32 Å². The topological polar surface area (TPSA) is 98.8 Å². The lowest BCUT2D eigenvalue weighted by Gasteiger charge is -2.16. The Hall–Kier alpha value is -1.80. The predicted molar refractivity (Wildman–Crippen MR) is 87.7 cm³/mol. The Morgan fingerprint density at radius 2 is 2.17 bits per heavy atom. The zero-order chi connectivity index (χ0) is 17.7. The maximum absolute atomic E-state index is 11.9. The second-order valence-electron chi connectivity index (χ2n) is 5.49. The van der Waals surface area contributed by atoms with E-state index in [-0.39, 0.29) is 18.1 Å². The molecule has 0 aromatic heterocycles. The fourth-order valence-corrected chi connectivity index (χ4v) is 4.06. The molecule has 0 unspecified atom stereocenters. The predicted octanol–water partition coefficient (Wildman–Crippen LogP) is 0.954. The van der Waals surface area contributed by atoms with Crippen molar-refractivity contribution in [3.8, 4) is 5.75 Å². The molecule has 2 rings (SSSR count). The van der Waals surface area contributed by atoms with Crippen molar-refractivity contribution in [2.45, 2.75) is 25.5 Å². The lowest BCUT2D eigenvalue weighted by Crippen LogP contribution is -2.43. The number of benzene rings is 1. The average molecular weight is 376 g/mol. The summed E-state index contributed by atoms with van der Waals surface area (Å²) in [6.45, 7) is 1.05. The largest absolute Gasteiger partial charge is 0.482 e. The van der Waals surface area contributed by atoms with Crippen LogP contribution in [-0.2, 0) is 24.2 Å². The van der Waals surface area contributed by atoms with Crippen molar-refractivity contribution in [3.05, 3.63) is 29.3 Å². The SMILES string of the molecule is C[C@@H](OC(=O)COc1cccc(Cl)c1)C(=O)N[C@H]1CCS(=O)(=O)C1. The van der Waals surface area contributed by atoms with Crippen LogP contribution in [0.15, 0.2) is 24.3 Å². The van der Waals surface area contributed by atoms with E-state index in [9.17, 15) is 18.0 Å². The van der Waals surface area contributed by atoms with Crippen LogP contribution in [0.25, 0.3) is 0 Å². The molecule has 0 aliphatic carbocycles. The van der Waals surface area contributed by atoms with Crippen LogP contribution in [0.5, 0.6) is 5.75 Å². The molecule has 24 heavy (non-hydrogen) atoms. The first kappa shape index (κ1) is 18.5. The summed E-state index contributed by atoms with van der Waals surface area (Å²) in [6.07, 6.45) is -0.671. The van der Waals surface area contributed by atoms with Crippen molar-refractivity contribution < 1.29 is 27.5 Å². The fourth-order valence-electron chi connectivity index (χ4n) is 2.21. The summed E-state index contributed by atoms with van der Waals surface area (Å²) < 4.78 is 32.9. The van der Waals surface area contributed by atoms with Gasteiger partial charge in [-0.05, 0) is 31.5 Å². The summed E-state index contributed by atoms with van der Waals surface area (Å²) in [5, 5.41) is 3.04. The second-order valence-corrected chi connectivity index (χ2v) is 8.15. The highest BCUT2D eigenvalue weighted by Gasteiger charge is 2.30. The molecule has 1 fully saturated rings. The number of carbonyl (C=O) groups is 2. The molecule has 132 valence electrons. The van der Waals surface area contributed by atoms with Crippen molar-refractivity contribution in [2.24, 2.45) is 0 Å². The lowest BCUT2D eigenvalue weighted by atomic mass is 10.2. The third kappa shape index (κ3) is 5.68. The highest BCUT2D eigenvalue weighted by atomic mass is 35.5. The molecule has 1 aromatic rings. The maximum atomic E-state index is 11.9. The summed E-state index contributed by atoms with van der Waals surface area (Å²) in [6, 6.07) is 6.09. The molecule has 0 saturated carbocycles. The smallest absolute Gasteiger partial charge is 0.344 e. The molecule has 0 spiro atoms. The van der Waals surface area contributed by atoms with Gasteiger partial charge in [-0.3, -0.25) is 4.79 Å². The lowest BCUT2D eigenvalue weighted by molar-refractivity contribution is -0.156. The minimum absolute atomic E-state index is 0.0551. The van der Waals surface area contributed by atoms with Crippen molar-refractivity contribution in [1.82, 2.24) is 5.32 Å². The Labute approximate surface area is 145 Å². The molecule has 2 atom stereocenters. The molecule has 1 heterocycles. The number of rotatable bonds is 6. The minimum atomic E-state index is -3.09. The normalized spacial score (nSPS) is 20.2. The highest BCUT2D eigenvalue weighted by molar-refractivity contribution is 7.91. The Bertz CT molecular complexity index is 720. The Balaban J connectivity index is 1.75. The second kappa shape index (κ2) is 7.85. The molecule has 1 aliphatic rings. The highest BCUT2D eigenvalue weighted by Crippen LogP contribution is 2.17. The van der Waals surface area contributed by atoms with Gasteiger partial charge in [-0.1, -0.05) is 17.7 Å². The summed E-state index contributed by atoms with van der Waals surface area (Å²) >= 11 is 5.80. The number of sulfone groups is 1. The monoisotopic (exact) mass is 375 g/mol. The number of carbonyl (C=O) groups excluding carboxylic acids is 2. The van der Waals surface area contributed by atoms with Crippen molar-refractivity contribution in [2.75, 3.05) is 18.1 Å². The van der Waals surface area contributed by atoms with Crippen LogP contribution in [0.3, 0.4) is 0 Å². The fraction of sp³-hybridized carbons (Fsp3) is 0.467. The van der Waals surface area contributed by atoms with Crippen LogP contribution >= 0.6 is 11.6 Å². The standard InChI is InChI=1S/C15H18ClNO6S/c1-10(15(19)17-12-5-6-24(20,21)9-12)23-14(18)8-22-13-4-2-3-11(16)7-13/h2-4,7,10,12H,5-6,8-9H2,1H3,(H,17,19)/t10-,12+/m1/s1. The van der Waals surface area contributed by atoms with Crippen molar-refractivity contribution >= 4 is 33.3 Å². The average Bonchev–Trinajstić information content (AvgIpc) is 2.84.